The lowest BCUT2D eigenvalue weighted by molar-refractivity contribution is -0.122. The van der Waals surface area contributed by atoms with Gasteiger partial charge < -0.3 is 5.32 Å². The number of hydrogen-bond acceptors (Lipinski definition) is 5. The van der Waals surface area contributed by atoms with E-state index in [1.165, 1.54) is 42.5 Å². The summed E-state index contributed by atoms with van der Waals surface area (Å²) in [7, 11) is 0. The zero-order chi connectivity index (χ0) is 22.8. The van der Waals surface area contributed by atoms with Gasteiger partial charge >= 0.3 is 0 Å². The molecule has 1 fully saturated rings. The molecule has 2 aromatic carbocycles. The van der Waals surface area contributed by atoms with Gasteiger partial charge in [0.25, 0.3) is 17.1 Å². The van der Waals surface area contributed by atoms with Gasteiger partial charge in [-0.1, -0.05) is 12.1 Å². The number of benzene rings is 2. The number of aromatic nitrogens is 1. The van der Waals surface area contributed by atoms with E-state index in [0.29, 0.717) is 27.7 Å². The third kappa shape index (κ3) is 4.52. The summed E-state index contributed by atoms with van der Waals surface area (Å²) in [6.07, 6.45) is 1.52. The van der Waals surface area contributed by atoms with Gasteiger partial charge in [-0.25, -0.2) is 8.78 Å². The maximum Gasteiger partial charge on any atom is 0.293 e. The third-order valence-electron chi connectivity index (χ3n) is 4.88. The molecule has 2 heterocycles. The molecule has 0 radical (unpaired) electrons. The van der Waals surface area contributed by atoms with Gasteiger partial charge in [-0.2, -0.15) is 0 Å². The van der Waals surface area contributed by atoms with Crippen LogP contribution in [0.1, 0.15) is 21.6 Å². The van der Waals surface area contributed by atoms with Gasteiger partial charge in [-0.15, -0.1) is 0 Å². The lowest BCUT2D eigenvalue weighted by Crippen LogP contribution is -2.37. The van der Waals surface area contributed by atoms with E-state index in [0.717, 1.165) is 16.7 Å². The Morgan fingerprint density at radius 3 is 2.56 bits per heavy atom. The molecule has 1 aliphatic heterocycles. The molecule has 3 amide bonds. The van der Waals surface area contributed by atoms with Gasteiger partial charge in [0.05, 0.1) is 21.7 Å². The standard InChI is InChI=1S/C23H17F2N3O3S/c1-13-18(11-15-4-7-17(25)12-19(15)27-13)21(29)26-8-9-28-22(30)20(32-23(28)31)10-14-2-5-16(24)6-3-14/h2-7,10-12H,8-9H2,1H3,(H,26,29)/b20-10-. The molecule has 3 aromatic rings. The van der Waals surface area contributed by atoms with Crippen LogP contribution in [0, 0.1) is 18.6 Å². The predicted octanol–water partition coefficient (Wildman–Crippen LogP) is 4.29. The van der Waals surface area contributed by atoms with Crippen LogP contribution in [-0.2, 0) is 4.79 Å². The van der Waals surface area contributed by atoms with Crippen LogP contribution in [-0.4, -0.2) is 40.0 Å². The Labute approximate surface area is 186 Å². The summed E-state index contributed by atoms with van der Waals surface area (Å²) in [5, 5.41) is 2.87. The minimum Gasteiger partial charge on any atom is -0.350 e. The van der Waals surface area contributed by atoms with Crippen molar-refractivity contribution in [1.82, 2.24) is 15.2 Å². The molecule has 4 rings (SSSR count). The van der Waals surface area contributed by atoms with Crippen molar-refractivity contribution in [3.8, 4) is 0 Å². The molecule has 0 bridgehead atoms. The van der Waals surface area contributed by atoms with Crippen LogP contribution in [0.25, 0.3) is 17.0 Å². The molecule has 9 heteroatoms. The van der Waals surface area contributed by atoms with E-state index >= 15 is 0 Å². The van der Waals surface area contributed by atoms with Crippen molar-refractivity contribution in [3.63, 3.8) is 0 Å². The molecule has 1 aliphatic rings. The highest BCUT2D eigenvalue weighted by molar-refractivity contribution is 8.18. The number of imide groups is 1. The fourth-order valence-electron chi connectivity index (χ4n) is 3.25. The van der Waals surface area contributed by atoms with Gasteiger partial charge in [-0.05, 0) is 60.7 Å². The van der Waals surface area contributed by atoms with Gasteiger partial charge in [0.15, 0.2) is 0 Å². The molecule has 1 N–H and O–H groups in total. The first kappa shape index (κ1) is 21.6. The second-order valence-electron chi connectivity index (χ2n) is 7.10. The number of carbonyl (C=O) groups excluding carboxylic acids is 3. The number of halogens is 2. The topological polar surface area (TPSA) is 79.4 Å². The number of rotatable bonds is 5. The molecular formula is C23H17F2N3O3S. The second kappa shape index (κ2) is 8.88. The van der Waals surface area contributed by atoms with Crippen LogP contribution in [0.2, 0.25) is 0 Å². The van der Waals surface area contributed by atoms with E-state index in [9.17, 15) is 23.2 Å². The third-order valence-corrected chi connectivity index (χ3v) is 5.78. The number of aryl methyl sites for hydroxylation is 1. The summed E-state index contributed by atoms with van der Waals surface area (Å²) in [6.45, 7) is 1.71. The molecule has 1 aromatic heterocycles. The minimum atomic E-state index is -0.468. The maximum atomic E-state index is 13.4. The summed E-state index contributed by atoms with van der Waals surface area (Å²) >= 11 is 0.792. The van der Waals surface area contributed by atoms with Crippen molar-refractivity contribution in [2.24, 2.45) is 0 Å². The molecule has 0 atom stereocenters. The first-order valence-electron chi connectivity index (χ1n) is 9.68. The Morgan fingerprint density at radius 2 is 1.81 bits per heavy atom. The quantitative estimate of drug-likeness (QED) is 0.583. The van der Waals surface area contributed by atoms with Gasteiger partial charge in [0.2, 0.25) is 0 Å². The Morgan fingerprint density at radius 1 is 1.09 bits per heavy atom. The van der Waals surface area contributed by atoms with E-state index in [2.05, 4.69) is 10.3 Å². The van der Waals surface area contributed by atoms with Crippen LogP contribution in [0.3, 0.4) is 0 Å². The van der Waals surface area contributed by atoms with Gasteiger partial charge in [-0.3, -0.25) is 24.3 Å². The Balaban J connectivity index is 1.40. The van der Waals surface area contributed by atoms with Crippen molar-refractivity contribution in [2.45, 2.75) is 6.92 Å². The molecule has 0 aliphatic carbocycles. The number of amides is 3. The van der Waals surface area contributed by atoms with E-state index in [1.807, 2.05) is 0 Å². The molecule has 162 valence electrons. The fourth-order valence-corrected chi connectivity index (χ4v) is 4.11. The van der Waals surface area contributed by atoms with Crippen molar-refractivity contribution >= 4 is 45.8 Å². The molecule has 1 saturated heterocycles. The van der Waals surface area contributed by atoms with Gasteiger partial charge in [0, 0.05) is 24.5 Å². The summed E-state index contributed by atoms with van der Waals surface area (Å²) in [5.74, 6) is -1.68. The first-order chi connectivity index (χ1) is 15.3. The SMILES string of the molecule is Cc1nc2cc(F)ccc2cc1C(=O)NCCN1C(=O)S/C(=C\c2ccc(F)cc2)C1=O. The van der Waals surface area contributed by atoms with Crippen molar-refractivity contribution in [1.29, 1.82) is 0 Å². The van der Waals surface area contributed by atoms with Crippen LogP contribution in [0.4, 0.5) is 13.6 Å². The fraction of sp³-hybridized carbons (Fsp3) is 0.130. The highest BCUT2D eigenvalue weighted by Gasteiger charge is 2.34. The lowest BCUT2D eigenvalue weighted by atomic mass is 10.1. The van der Waals surface area contributed by atoms with Gasteiger partial charge in [0.1, 0.15) is 11.6 Å². The molecule has 32 heavy (non-hydrogen) atoms. The summed E-state index contributed by atoms with van der Waals surface area (Å²) in [6, 6.07) is 11.3. The van der Waals surface area contributed by atoms with Crippen LogP contribution < -0.4 is 5.32 Å². The zero-order valence-electron chi connectivity index (χ0n) is 16.9. The smallest absolute Gasteiger partial charge is 0.293 e. The van der Waals surface area contributed by atoms with E-state index in [1.54, 1.807) is 19.1 Å². The monoisotopic (exact) mass is 453 g/mol. The van der Waals surface area contributed by atoms with E-state index < -0.39 is 28.7 Å². The van der Waals surface area contributed by atoms with Crippen LogP contribution in [0.15, 0.2) is 53.4 Å². The number of fused-ring (bicyclic) bond motifs is 1. The highest BCUT2D eigenvalue weighted by Crippen LogP contribution is 2.31. The Kier molecular flexibility index (Phi) is 6.00. The van der Waals surface area contributed by atoms with Crippen LogP contribution >= 0.6 is 11.8 Å². The van der Waals surface area contributed by atoms with Crippen molar-refractivity contribution < 1.29 is 23.2 Å². The van der Waals surface area contributed by atoms with Crippen LogP contribution in [0.5, 0.6) is 0 Å². The molecule has 0 unspecified atom stereocenters. The summed E-state index contributed by atoms with van der Waals surface area (Å²) < 4.78 is 26.4. The average Bonchev–Trinajstić information content (AvgIpc) is 3.02. The second-order valence-corrected chi connectivity index (χ2v) is 8.09. The predicted molar refractivity (Wildman–Crippen MR) is 118 cm³/mol. The minimum absolute atomic E-state index is 0.00241. The lowest BCUT2D eigenvalue weighted by Gasteiger charge is -2.13. The molecule has 0 spiro atoms. The Hall–Kier alpha value is -3.59. The normalized spacial score (nSPS) is 15.1. The molecular weight excluding hydrogens is 436 g/mol. The maximum absolute atomic E-state index is 13.4. The number of nitrogens with zero attached hydrogens (tertiary/aromatic N) is 2. The summed E-state index contributed by atoms with van der Waals surface area (Å²) in [4.78, 5) is 42.9. The van der Waals surface area contributed by atoms with Crippen molar-refractivity contribution in [3.05, 3.63) is 81.9 Å². The van der Waals surface area contributed by atoms with E-state index in [4.69, 9.17) is 0 Å². The number of carbonyl (C=O) groups is 3. The largest absolute Gasteiger partial charge is 0.350 e. The molecule has 6 nitrogen and oxygen atoms in total. The number of nitrogens with one attached hydrogen (secondary N) is 1. The highest BCUT2D eigenvalue weighted by atomic mass is 32.2. The zero-order valence-corrected chi connectivity index (χ0v) is 17.7. The van der Waals surface area contributed by atoms with E-state index in [-0.39, 0.29) is 18.0 Å². The first-order valence-corrected chi connectivity index (χ1v) is 10.5. The molecule has 0 saturated carbocycles. The van der Waals surface area contributed by atoms with Crippen molar-refractivity contribution in [2.75, 3.05) is 13.1 Å². The average molecular weight is 453 g/mol. The summed E-state index contributed by atoms with van der Waals surface area (Å²) in [5.41, 5.74) is 1.82. The number of thioether (sulfide) groups is 1. The number of hydrogen-bond donors (Lipinski definition) is 1. The Bertz CT molecular complexity index is 1280. The number of pyridine rings is 1.